The van der Waals surface area contributed by atoms with Crippen LogP contribution >= 0.6 is 8.25 Å². The van der Waals surface area contributed by atoms with E-state index in [2.05, 4.69) is 0 Å². The van der Waals surface area contributed by atoms with Gasteiger partial charge in [0.15, 0.2) is 0 Å². The first-order valence-electron chi connectivity index (χ1n) is 6.16. The molecule has 0 radical (unpaired) electrons. The molecule has 19 heavy (non-hydrogen) atoms. The van der Waals surface area contributed by atoms with Gasteiger partial charge in [-0.1, -0.05) is 13.8 Å². The zero-order chi connectivity index (χ0) is 14.5. The molecule has 1 aromatic rings. The Hall–Kier alpha value is -1.03. The van der Waals surface area contributed by atoms with Gasteiger partial charge in [0.25, 0.3) is 0 Å². The Bertz CT molecular complexity index is 420. The second-order valence-corrected chi connectivity index (χ2v) is 4.91. The Morgan fingerprint density at radius 2 is 1.58 bits per heavy atom. The minimum atomic E-state index is -3.03. The van der Waals surface area contributed by atoms with Gasteiger partial charge in [-0.3, -0.25) is 9.09 Å². The smallest absolute Gasteiger partial charge is 0.317 e. The second-order valence-electron chi connectivity index (χ2n) is 4.17. The van der Waals surface area contributed by atoms with Gasteiger partial charge < -0.3 is 14.4 Å². The van der Waals surface area contributed by atoms with Gasteiger partial charge in [0, 0.05) is 6.07 Å². The topological polar surface area (TPSA) is 65.0 Å². The van der Waals surface area contributed by atoms with Gasteiger partial charge in [-0.25, -0.2) is 0 Å². The highest BCUT2D eigenvalue weighted by atomic mass is 31.1. The van der Waals surface area contributed by atoms with Crippen LogP contribution in [0.25, 0.3) is 0 Å². The van der Waals surface area contributed by atoms with Crippen molar-refractivity contribution >= 4 is 8.25 Å². The van der Waals surface area contributed by atoms with Crippen LogP contribution in [-0.4, -0.2) is 19.1 Å². The fraction of sp³-hybridized carbons (Fsp3) is 0.538. The Balaban J connectivity index is 3.32. The van der Waals surface area contributed by atoms with Crippen LogP contribution in [0.1, 0.15) is 32.3 Å². The van der Waals surface area contributed by atoms with Crippen LogP contribution in [0.4, 0.5) is 0 Å². The molecule has 6 heteroatoms. The molecule has 108 valence electrons. The molecule has 0 saturated carbocycles. The number of benzene rings is 1. The van der Waals surface area contributed by atoms with Crippen LogP contribution in [0.2, 0.25) is 0 Å². The first-order valence-corrected chi connectivity index (χ1v) is 7.43. The van der Waals surface area contributed by atoms with E-state index in [4.69, 9.17) is 18.9 Å². The molecule has 1 rings (SSSR count). The molecule has 0 aromatic heterocycles. The fourth-order valence-corrected chi connectivity index (χ4v) is 2.84. The second kappa shape index (κ2) is 6.94. The van der Waals surface area contributed by atoms with Crippen molar-refractivity contribution < 1.29 is 23.5 Å². The molecule has 0 aliphatic rings. The summed E-state index contributed by atoms with van der Waals surface area (Å²) in [6.45, 7) is 3.83. The van der Waals surface area contributed by atoms with Crippen LogP contribution in [0.15, 0.2) is 18.2 Å². The minimum Gasteiger partial charge on any atom is -0.497 e. The molecular weight excluding hydrogens is 267 g/mol. The lowest BCUT2D eigenvalue weighted by molar-refractivity contribution is 0.0531. The van der Waals surface area contributed by atoms with Crippen molar-refractivity contribution in [2.75, 3.05) is 14.2 Å². The lowest BCUT2D eigenvalue weighted by atomic mass is 9.88. The molecular formula is C13H21O5P. The van der Waals surface area contributed by atoms with E-state index in [0.717, 1.165) is 5.56 Å². The Morgan fingerprint density at radius 1 is 1.11 bits per heavy atom. The Labute approximate surface area is 114 Å². The van der Waals surface area contributed by atoms with Crippen LogP contribution < -0.4 is 9.47 Å². The van der Waals surface area contributed by atoms with Crippen molar-refractivity contribution in [3.05, 3.63) is 23.8 Å². The molecule has 0 amide bonds. The summed E-state index contributed by atoms with van der Waals surface area (Å²) in [7, 11) is 0.0944. The van der Waals surface area contributed by atoms with Gasteiger partial charge in [0.2, 0.25) is 0 Å². The molecule has 0 bridgehead atoms. The standard InChI is InChI=1S/C13H21O5P/c1-5-13(6-2,18-19(14)15)10-7-11(16-3)9-12(8-10)17-4/h7-9,19H,5-6H2,1-4H3,(H,14,15). The van der Waals surface area contributed by atoms with Gasteiger partial charge in [-0.05, 0) is 30.5 Å². The highest BCUT2D eigenvalue weighted by Crippen LogP contribution is 2.42. The quantitative estimate of drug-likeness (QED) is 0.781. The third kappa shape index (κ3) is 3.72. The fourth-order valence-electron chi connectivity index (χ4n) is 2.10. The highest BCUT2D eigenvalue weighted by molar-refractivity contribution is 7.32. The van der Waals surface area contributed by atoms with Crippen molar-refractivity contribution in [3.8, 4) is 11.5 Å². The summed E-state index contributed by atoms with van der Waals surface area (Å²) in [6, 6.07) is 5.36. The van der Waals surface area contributed by atoms with E-state index in [0.29, 0.717) is 24.3 Å². The van der Waals surface area contributed by atoms with Crippen molar-refractivity contribution in [2.45, 2.75) is 32.3 Å². The Kier molecular flexibility index (Phi) is 5.85. The van der Waals surface area contributed by atoms with Gasteiger partial charge >= 0.3 is 8.25 Å². The number of hydrogen-bond donors (Lipinski definition) is 1. The predicted molar refractivity (Wildman–Crippen MR) is 74.1 cm³/mol. The van der Waals surface area contributed by atoms with Gasteiger partial charge in [-0.15, -0.1) is 0 Å². The average molecular weight is 288 g/mol. The summed E-state index contributed by atoms with van der Waals surface area (Å²) in [5.74, 6) is 1.25. The van der Waals surface area contributed by atoms with Crippen LogP contribution in [0.3, 0.4) is 0 Å². The highest BCUT2D eigenvalue weighted by Gasteiger charge is 2.32. The first-order chi connectivity index (χ1) is 9.01. The largest absolute Gasteiger partial charge is 0.497 e. The average Bonchev–Trinajstić information content (AvgIpc) is 2.43. The predicted octanol–water partition coefficient (Wildman–Crippen LogP) is 3.12. The summed E-state index contributed by atoms with van der Waals surface area (Å²) >= 11 is 0. The normalized spacial score (nSPS) is 13.1. The van der Waals surface area contributed by atoms with Crippen molar-refractivity contribution in [1.82, 2.24) is 0 Å². The summed E-state index contributed by atoms with van der Waals surface area (Å²) in [5, 5.41) is 0. The van der Waals surface area contributed by atoms with Gasteiger partial charge in [-0.2, -0.15) is 0 Å². The van der Waals surface area contributed by atoms with E-state index >= 15 is 0 Å². The minimum absolute atomic E-state index is 0.580. The molecule has 0 fully saturated rings. The molecule has 0 spiro atoms. The maximum absolute atomic E-state index is 11.1. The van der Waals surface area contributed by atoms with Crippen LogP contribution in [0.5, 0.6) is 11.5 Å². The summed E-state index contributed by atoms with van der Waals surface area (Å²) in [5.41, 5.74) is -0.0202. The van der Waals surface area contributed by atoms with Crippen LogP contribution in [0, 0.1) is 0 Å². The Morgan fingerprint density at radius 3 is 1.89 bits per heavy atom. The van der Waals surface area contributed by atoms with Crippen molar-refractivity contribution in [1.29, 1.82) is 0 Å². The van der Waals surface area contributed by atoms with Crippen molar-refractivity contribution in [2.24, 2.45) is 0 Å². The summed E-state index contributed by atoms with van der Waals surface area (Å²) in [4.78, 5) is 9.13. The molecule has 0 aliphatic heterocycles. The summed E-state index contributed by atoms with van der Waals surface area (Å²) in [6.07, 6.45) is 1.16. The monoisotopic (exact) mass is 288 g/mol. The molecule has 1 atom stereocenters. The molecule has 1 aromatic carbocycles. The van der Waals surface area contributed by atoms with E-state index in [-0.39, 0.29) is 0 Å². The van der Waals surface area contributed by atoms with Gasteiger partial charge in [0.05, 0.1) is 14.2 Å². The molecule has 0 saturated heterocycles. The maximum atomic E-state index is 11.1. The summed E-state index contributed by atoms with van der Waals surface area (Å²) < 4.78 is 26.9. The lowest BCUT2D eigenvalue weighted by Crippen LogP contribution is -2.25. The third-order valence-corrected chi connectivity index (χ3v) is 3.87. The SMILES string of the molecule is CCC(CC)(O[PH](=O)O)c1cc(OC)cc(OC)c1. The van der Waals surface area contributed by atoms with E-state index in [1.807, 2.05) is 13.8 Å². The molecule has 0 heterocycles. The molecule has 5 nitrogen and oxygen atoms in total. The number of ether oxygens (including phenoxy) is 2. The van der Waals surface area contributed by atoms with Crippen LogP contribution in [-0.2, 0) is 14.7 Å². The van der Waals surface area contributed by atoms with E-state index in [1.54, 1.807) is 32.4 Å². The molecule has 1 N–H and O–H groups in total. The van der Waals surface area contributed by atoms with E-state index in [1.165, 1.54) is 0 Å². The third-order valence-electron chi connectivity index (χ3n) is 3.30. The molecule has 1 unspecified atom stereocenters. The number of methoxy groups -OCH3 is 2. The molecule has 0 aliphatic carbocycles. The van der Waals surface area contributed by atoms with Crippen molar-refractivity contribution in [3.63, 3.8) is 0 Å². The maximum Gasteiger partial charge on any atom is 0.317 e. The number of hydrogen-bond acceptors (Lipinski definition) is 4. The number of rotatable bonds is 7. The zero-order valence-corrected chi connectivity index (χ0v) is 12.7. The van der Waals surface area contributed by atoms with Gasteiger partial charge in [0.1, 0.15) is 17.1 Å². The zero-order valence-electron chi connectivity index (χ0n) is 11.7. The van der Waals surface area contributed by atoms with E-state index in [9.17, 15) is 4.57 Å². The first kappa shape index (κ1) is 16.0. The van der Waals surface area contributed by atoms with E-state index < -0.39 is 13.9 Å². The lowest BCUT2D eigenvalue weighted by Gasteiger charge is -2.31.